The highest BCUT2D eigenvalue weighted by Crippen LogP contribution is 2.39. The molecule has 1 aliphatic heterocycles. The molecule has 1 atom stereocenters. The Morgan fingerprint density at radius 2 is 1.89 bits per heavy atom. The molecule has 0 spiro atoms. The van der Waals surface area contributed by atoms with Crippen molar-refractivity contribution in [3.63, 3.8) is 0 Å². The Hall–Kier alpha value is -3.39. The van der Waals surface area contributed by atoms with Gasteiger partial charge in [0.1, 0.15) is 11.8 Å². The summed E-state index contributed by atoms with van der Waals surface area (Å²) in [6.07, 6.45) is 0.607. The lowest BCUT2D eigenvalue weighted by atomic mass is 9.92. The Morgan fingerprint density at radius 1 is 1.11 bits per heavy atom. The van der Waals surface area contributed by atoms with Crippen LogP contribution in [0.15, 0.2) is 42.5 Å². The topological polar surface area (TPSA) is 92.9 Å². The maximum atomic E-state index is 12.8. The number of ether oxygens (including phenoxy) is 3. The Labute approximate surface area is 209 Å². The van der Waals surface area contributed by atoms with Gasteiger partial charge < -0.3 is 24.5 Å². The number of halogens is 1. The molecule has 4 rings (SSSR count). The van der Waals surface area contributed by atoms with Crippen LogP contribution in [0.1, 0.15) is 43.1 Å². The summed E-state index contributed by atoms with van der Waals surface area (Å²) >= 11 is 6.26. The van der Waals surface area contributed by atoms with E-state index in [1.165, 1.54) is 5.56 Å². The number of amides is 2. The predicted molar refractivity (Wildman–Crippen MR) is 134 cm³/mol. The molecule has 0 radical (unpaired) electrons. The Bertz CT molecular complexity index is 1180. The highest BCUT2D eigenvalue weighted by Gasteiger charge is 2.35. The maximum absolute atomic E-state index is 12.8. The van der Waals surface area contributed by atoms with Gasteiger partial charge in [-0.05, 0) is 68.1 Å². The second-order valence-electron chi connectivity index (χ2n) is 8.17. The van der Waals surface area contributed by atoms with Crippen molar-refractivity contribution in [1.29, 1.82) is 0 Å². The first-order valence-corrected chi connectivity index (χ1v) is 12.3. The second-order valence-corrected chi connectivity index (χ2v) is 8.61. The lowest BCUT2D eigenvalue weighted by Gasteiger charge is -2.35. The molecule has 8 nitrogen and oxygen atoms in total. The summed E-state index contributed by atoms with van der Waals surface area (Å²) in [6.45, 7) is 5.70. The van der Waals surface area contributed by atoms with E-state index in [-0.39, 0.29) is 12.1 Å². The highest BCUT2D eigenvalue weighted by atomic mass is 35.5. The lowest BCUT2D eigenvalue weighted by molar-refractivity contribution is 0.0932. The number of hydrogen-bond acceptors (Lipinski definition) is 5. The van der Waals surface area contributed by atoms with Crippen LogP contribution in [-0.4, -0.2) is 55.0 Å². The van der Waals surface area contributed by atoms with Crippen molar-refractivity contribution in [2.24, 2.45) is 0 Å². The Kier molecular flexibility index (Phi) is 8.02. The zero-order chi connectivity index (χ0) is 24.8. The molecular formula is C26H30ClN3O5. The van der Waals surface area contributed by atoms with Crippen molar-refractivity contribution in [1.82, 2.24) is 15.2 Å². The molecule has 35 heavy (non-hydrogen) atoms. The fourth-order valence-corrected chi connectivity index (χ4v) is 4.56. The van der Waals surface area contributed by atoms with Crippen LogP contribution in [0.2, 0.25) is 5.02 Å². The van der Waals surface area contributed by atoms with Crippen LogP contribution in [-0.2, 0) is 15.9 Å². The molecule has 2 N–H and O–H groups in total. The van der Waals surface area contributed by atoms with Gasteiger partial charge in [-0.3, -0.25) is 4.90 Å². The summed E-state index contributed by atoms with van der Waals surface area (Å²) in [5, 5.41) is 4.43. The molecule has 0 aliphatic carbocycles. The minimum Gasteiger partial charge on any atom is -0.494 e. The molecule has 2 heterocycles. The number of nitrogens with one attached hydrogen (secondary N) is 2. The number of benzene rings is 2. The molecule has 0 bridgehead atoms. The third-order valence-electron chi connectivity index (χ3n) is 5.92. The van der Waals surface area contributed by atoms with Gasteiger partial charge in [0.25, 0.3) is 0 Å². The first-order chi connectivity index (χ1) is 17.0. The molecule has 0 saturated carbocycles. The average Bonchev–Trinajstić information content (AvgIpc) is 3.22. The largest absolute Gasteiger partial charge is 0.494 e. The number of fused-ring (bicyclic) bond motifs is 3. The van der Waals surface area contributed by atoms with E-state index in [0.717, 1.165) is 22.2 Å². The van der Waals surface area contributed by atoms with Crippen molar-refractivity contribution in [2.45, 2.75) is 32.7 Å². The van der Waals surface area contributed by atoms with Crippen LogP contribution in [0.3, 0.4) is 0 Å². The molecule has 9 heteroatoms. The van der Waals surface area contributed by atoms with Crippen LogP contribution < -0.4 is 10.1 Å². The van der Waals surface area contributed by atoms with Crippen molar-refractivity contribution in [2.75, 3.05) is 32.9 Å². The quantitative estimate of drug-likeness (QED) is 0.402. The smallest absolute Gasteiger partial charge is 0.410 e. The fraction of sp³-hybridized carbons (Fsp3) is 0.385. The average molecular weight is 500 g/mol. The summed E-state index contributed by atoms with van der Waals surface area (Å²) in [6, 6.07) is 13.2. The van der Waals surface area contributed by atoms with Crippen LogP contribution in [0.25, 0.3) is 10.9 Å². The maximum Gasteiger partial charge on any atom is 0.410 e. The second kappa shape index (κ2) is 11.4. The Balaban J connectivity index is 1.51. The lowest BCUT2D eigenvalue weighted by Crippen LogP contribution is -2.40. The van der Waals surface area contributed by atoms with Gasteiger partial charge >= 0.3 is 12.2 Å². The van der Waals surface area contributed by atoms with Gasteiger partial charge in [0.15, 0.2) is 0 Å². The zero-order valence-electron chi connectivity index (χ0n) is 19.9. The number of alkyl carbamates (subject to hydrolysis) is 1. The number of carbonyl (C=O) groups excluding carboxylic acids is 2. The van der Waals surface area contributed by atoms with Crippen LogP contribution in [0.5, 0.6) is 5.75 Å². The summed E-state index contributed by atoms with van der Waals surface area (Å²) in [5.74, 6) is 0.715. The molecule has 0 unspecified atom stereocenters. The van der Waals surface area contributed by atoms with E-state index in [9.17, 15) is 9.59 Å². The Morgan fingerprint density at radius 3 is 2.63 bits per heavy atom. The number of nitrogens with zero attached hydrogens (tertiary/aromatic N) is 1. The molecule has 3 aromatic rings. The van der Waals surface area contributed by atoms with Crippen molar-refractivity contribution < 1.29 is 23.8 Å². The molecular weight excluding hydrogens is 470 g/mol. The number of aromatic amines is 1. The van der Waals surface area contributed by atoms with E-state index in [4.69, 9.17) is 25.8 Å². The minimum atomic E-state index is -0.422. The van der Waals surface area contributed by atoms with Gasteiger partial charge in [-0.15, -0.1) is 0 Å². The third kappa shape index (κ3) is 5.65. The van der Waals surface area contributed by atoms with Gasteiger partial charge in [0, 0.05) is 34.7 Å². The molecule has 2 aromatic carbocycles. The minimum absolute atomic E-state index is 0.313. The van der Waals surface area contributed by atoms with E-state index < -0.39 is 6.09 Å². The van der Waals surface area contributed by atoms with E-state index in [0.29, 0.717) is 56.5 Å². The van der Waals surface area contributed by atoms with Gasteiger partial charge in [-0.2, -0.15) is 0 Å². The number of hydrogen-bond donors (Lipinski definition) is 2. The molecule has 186 valence electrons. The molecule has 0 fully saturated rings. The van der Waals surface area contributed by atoms with Crippen molar-refractivity contribution in [3.8, 4) is 5.75 Å². The summed E-state index contributed by atoms with van der Waals surface area (Å²) in [7, 11) is 0. The number of H-pyrrole nitrogens is 1. The monoisotopic (exact) mass is 499 g/mol. The molecule has 1 aliphatic rings. The van der Waals surface area contributed by atoms with Gasteiger partial charge in [0.2, 0.25) is 0 Å². The zero-order valence-corrected chi connectivity index (χ0v) is 20.7. The first kappa shape index (κ1) is 24.7. The molecule has 1 aromatic heterocycles. The van der Waals surface area contributed by atoms with E-state index in [1.807, 2.05) is 49.4 Å². The molecule has 0 saturated heterocycles. The van der Waals surface area contributed by atoms with Crippen LogP contribution in [0.4, 0.5) is 9.59 Å². The fourth-order valence-electron chi connectivity index (χ4n) is 4.39. The SMILES string of the molecule is CCOC(=O)NCCCOc1ccc([C@H]2c3[nH]c4ccc(Cl)cc4c3CCN2C(=O)OCC)cc1. The molecule has 2 amide bonds. The van der Waals surface area contributed by atoms with Gasteiger partial charge in [0.05, 0.1) is 19.8 Å². The number of rotatable bonds is 8. The van der Waals surface area contributed by atoms with E-state index in [2.05, 4.69) is 10.3 Å². The van der Waals surface area contributed by atoms with Crippen molar-refractivity contribution >= 4 is 34.7 Å². The number of aromatic nitrogens is 1. The van der Waals surface area contributed by atoms with Crippen molar-refractivity contribution in [3.05, 3.63) is 64.3 Å². The van der Waals surface area contributed by atoms with Gasteiger partial charge in [-0.1, -0.05) is 23.7 Å². The standard InChI is InChI=1S/C26H30ClN3O5/c1-3-33-25(31)28-13-5-15-35-19-9-6-17(7-10-19)24-23-20(12-14-30(24)26(32)34-4-2)21-16-18(27)8-11-22(21)29-23/h6-11,16,24,29H,3-5,12-15H2,1-2H3,(H,28,31)/t24-/m0/s1. The van der Waals surface area contributed by atoms with Crippen LogP contribution in [0, 0.1) is 0 Å². The summed E-state index contributed by atoms with van der Waals surface area (Å²) in [4.78, 5) is 29.4. The normalized spacial score (nSPS) is 14.9. The first-order valence-electron chi connectivity index (χ1n) is 11.9. The van der Waals surface area contributed by atoms with E-state index >= 15 is 0 Å². The van der Waals surface area contributed by atoms with Gasteiger partial charge in [-0.25, -0.2) is 9.59 Å². The predicted octanol–water partition coefficient (Wildman–Crippen LogP) is 5.44. The third-order valence-corrected chi connectivity index (χ3v) is 6.16. The van der Waals surface area contributed by atoms with E-state index in [1.54, 1.807) is 11.8 Å². The number of carbonyl (C=O) groups is 2. The highest BCUT2D eigenvalue weighted by molar-refractivity contribution is 6.31. The summed E-state index contributed by atoms with van der Waals surface area (Å²) < 4.78 is 16.0. The van der Waals surface area contributed by atoms with Crippen LogP contribution >= 0.6 is 11.6 Å². The summed E-state index contributed by atoms with van der Waals surface area (Å²) in [5.41, 5.74) is 4.09.